The maximum Gasteiger partial charge on any atom is 0.435 e. The number of halogens is 5. The van der Waals surface area contributed by atoms with Gasteiger partial charge in [0.25, 0.3) is 0 Å². The monoisotopic (exact) mass is 290 g/mol. The van der Waals surface area contributed by atoms with Crippen molar-refractivity contribution in [2.75, 3.05) is 0 Å². The molecule has 20 heavy (non-hydrogen) atoms. The summed E-state index contributed by atoms with van der Waals surface area (Å²) < 4.78 is 64.3. The smallest absolute Gasteiger partial charge is 0.292 e. The van der Waals surface area contributed by atoms with Gasteiger partial charge >= 0.3 is 6.18 Å². The van der Waals surface area contributed by atoms with Crippen LogP contribution in [0.1, 0.15) is 16.1 Å². The topological polar surface area (TPSA) is 34.9 Å². The van der Waals surface area contributed by atoms with E-state index in [4.69, 9.17) is 0 Å². The normalized spacial score (nSPS) is 11.7. The Morgan fingerprint density at radius 1 is 1.15 bits per heavy atom. The predicted molar refractivity (Wildman–Crippen MR) is 57.9 cm³/mol. The van der Waals surface area contributed by atoms with Crippen molar-refractivity contribution >= 4 is 5.78 Å². The van der Waals surface area contributed by atoms with Crippen molar-refractivity contribution in [2.24, 2.45) is 0 Å². The molecule has 1 heterocycles. The summed E-state index contributed by atoms with van der Waals surface area (Å²) in [5.41, 5.74) is -1.98. The van der Waals surface area contributed by atoms with Crippen LogP contribution in [0.5, 0.6) is 0 Å². The molecule has 3 nitrogen and oxygen atoms in total. The van der Waals surface area contributed by atoms with Crippen molar-refractivity contribution < 1.29 is 26.7 Å². The molecular weight excluding hydrogens is 283 g/mol. The second-order valence-electron chi connectivity index (χ2n) is 3.92. The number of rotatable bonds is 3. The van der Waals surface area contributed by atoms with Gasteiger partial charge in [0.05, 0.1) is 5.56 Å². The van der Waals surface area contributed by atoms with E-state index in [2.05, 4.69) is 5.10 Å². The van der Waals surface area contributed by atoms with Gasteiger partial charge < -0.3 is 0 Å². The Morgan fingerprint density at radius 2 is 1.75 bits per heavy atom. The zero-order valence-electron chi connectivity index (χ0n) is 9.79. The maximum absolute atomic E-state index is 13.3. The summed E-state index contributed by atoms with van der Waals surface area (Å²) in [5, 5.41) is 3.13. The summed E-state index contributed by atoms with van der Waals surface area (Å²) in [4.78, 5) is 11.7. The summed E-state index contributed by atoms with van der Waals surface area (Å²) in [6, 6.07) is 3.53. The van der Waals surface area contributed by atoms with Crippen molar-refractivity contribution in [2.45, 2.75) is 12.7 Å². The van der Waals surface area contributed by atoms with Crippen LogP contribution in [0.25, 0.3) is 0 Å². The van der Waals surface area contributed by atoms with Crippen LogP contribution in [-0.2, 0) is 12.7 Å². The molecule has 0 bridgehead atoms. The van der Waals surface area contributed by atoms with E-state index in [-0.39, 0.29) is 0 Å². The molecule has 2 aromatic rings. The first kappa shape index (κ1) is 14.2. The van der Waals surface area contributed by atoms with Crippen molar-refractivity contribution in [3.8, 4) is 0 Å². The van der Waals surface area contributed by atoms with Crippen LogP contribution >= 0.6 is 0 Å². The number of hydrogen-bond donors (Lipinski definition) is 0. The van der Waals surface area contributed by atoms with Crippen molar-refractivity contribution in [3.05, 3.63) is 53.4 Å². The van der Waals surface area contributed by atoms with Crippen LogP contribution in [0.3, 0.4) is 0 Å². The highest BCUT2D eigenvalue weighted by molar-refractivity contribution is 5.96. The van der Waals surface area contributed by atoms with Crippen LogP contribution in [0.15, 0.2) is 30.5 Å². The number of nitrogens with zero attached hydrogens (tertiary/aromatic N) is 2. The Kier molecular flexibility index (Phi) is 3.56. The molecule has 0 aliphatic heterocycles. The van der Waals surface area contributed by atoms with Crippen molar-refractivity contribution in [1.29, 1.82) is 0 Å². The third kappa shape index (κ3) is 2.84. The molecular formula is C12H7F5N2O. The fourth-order valence-corrected chi connectivity index (χ4v) is 1.59. The molecule has 0 radical (unpaired) electrons. The average Bonchev–Trinajstić information content (AvgIpc) is 2.76. The quantitative estimate of drug-likeness (QED) is 0.643. The van der Waals surface area contributed by atoms with Crippen LogP contribution in [0.4, 0.5) is 22.0 Å². The Morgan fingerprint density at radius 3 is 2.25 bits per heavy atom. The van der Waals surface area contributed by atoms with Crippen molar-refractivity contribution in [3.63, 3.8) is 0 Å². The number of carbonyl (C=O) groups is 1. The molecule has 106 valence electrons. The molecule has 0 aliphatic carbocycles. The molecule has 0 spiro atoms. The highest BCUT2D eigenvalue weighted by atomic mass is 19.4. The van der Waals surface area contributed by atoms with Crippen LogP contribution in [-0.4, -0.2) is 15.6 Å². The molecule has 1 aromatic heterocycles. The summed E-state index contributed by atoms with van der Waals surface area (Å²) in [5.74, 6) is -3.14. The molecule has 2 rings (SSSR count). The second kappa shape index (κ2) is 5.03. The molecule has 1 aromatic carbocycles. The molecule has 0 saturated carbocycles. The lowest BCUT2D eigenvalue weighted by Gasteiger charge is -2.05. The van der Waals surface area contributed by atoms with E-state index in [1.54, 1.807) is 0 Å². The van der Waals surface area contributed by atoms with Gasteiger partial charge in [0, 0.05) is 6.20 Å². The first-order valence-corrected chi connectivity index (χ1v) is 5.37. The van der Waals surface area contributed by atoms with Gasteiger partial charge in [-0.05, 0) is 18.2 Å². The minimum Gasteiger partial charge on any atom is -0.292 e. The van der Waals surface area contributed by atoms with Gasteiger partial charge in [0.15, 0.2) is 11.5 Å². The van der Waals surface area contributed by atoms with E-state index in [0.29, 0.717) is 10.7 Å². The van der Waals surface area contributed by atoms with E-state index in [9.17, 15) is 26.7 Å². The van der Waals surface area contributed by atoms with Gasteiger partial charge in [-0.1, -0.05) is 6.07 Å². The third-order valence-corrected chi connectivity index (χ3v) is 2.48. The van der Waals surface area contributed by atoms with E-state index in [0.717, 1.165) is 24.4 Å². The Balaban J connectivity index is 2.22. The van der Waals surface area contributed by atoms with Gasteiger partial charge in [-0.15, -0.1) is 0 Å². The maximum atomic E-state index is 13.3. The van der Waals surface area contributed by atoms with Gasteiger partial charge in [0.2, 0.25) is 0 Å². The molecule has 0 atom stereocenters. The summed E-state index contributed by atoms with van der Waals surface area (Å²) >= 11 is 0. The van der Waals surface area contributed by atoms with Crippen molar-refractivity contribution in [1.82, 2.24) is 9.78 Å². The van der Waals surface area contributed by atoms with Gasteiger partial charge in [-0.2, -0.15) is 18.3 Å². The summed E-state index contributed by atoms with van der Waals surface area (Å²) in [6.45, 7) is -0.687. The Hall–Kier alpha value is -2.25. The molecule has 0 amide bonds. The van der Waals surface area contributed by atoms with Crippen LogP contribution in [0.2, 0.25) is 0 Å². The minimum absolute atomic E-state index is 0.672. The predicted octanol–water partition coefficient (Wildman–Crippen LogP) is 3.06. The first-order valence-electron chi connectivity index (χ1n) is 5.37. The summed E-state index contributed by atoms with van der Waals surface area (Å²) in [7, 11) is 0. The third-order valence-electron chi connectivity index (χ3n) is 2.48. The highest BCUT2D eigenvalue weighted by Crippen LogP contribution is 2.27. The molecule has 0 fully saturated rings. The zero-order valence-corrected chi connectivity index (χ0v) is 9.79. The molecule has 8 heteroatoms. The lowest BCUT2D eigenvalue weighted by Crippen LogP contribution is -2.15. The van der Waals surface area contributed by atoms with E-state index in [1.165, 1.54) is 0 Å². The number of aromatic nitrogens is 2. The number of Topliss-reactive ketones (excluding diaryl/α,β-unsaturated/α-hetero) is 1. The Labute approximate surface area is 109 Å². The number of ketones is 1. The second-order valence-corrected chi connectivity index (χ2v) is 3.92. The van der Waals surface area contributed by atoms with E-state index >= 15 is 0 Å². The van der Waals surface area contributed by atoms with Gasteiger partial charge in [-0.25, -0.2) is 8.78 Å². The number of hydrogen-bond acceptors (Lipinski definition) is 2. The lowest BCUT2D eigenvalue weighted by atomic mass is 10.1. The first-order chi connectivity index (χ1) is 9.29. The van der Waals surface area contributed by atoms with E-state index in [1.807, 2.05) is 0 Å². The Bertz CT molecular complexity index is 627. The number of alkyl halides is 3. The summed E-state index contributed by atoms with van der Waals surface area (Å²) in [6.07, 6.45) is -3.73. The average molecular weight is 290 g/mol. The molecule has 0 N–H and O–H groups in total. The molecule has 0 aliphatic rings. The van der Waals surface area contributed by atoms with Gasteiger partial charge in [-0.3, -0.25) is 9.48 Å². The number of carbonyl (C=O) groups excluding carboxylic acids is 1. The van der Waals surface area contributed by atoms with Crippen LogP contribution < -0.4 is 0 Å². The largest absolute Gasteiger partial charge is 0.435 e. The van der Waals surface area contributed by atoms with Gasteiger partial charge in [0.1, 0.15) is 18.2 Å². The molecule has 0 saturated heterocycles. The zero-order chi connectivity index (χ0) is 14.9. The number of benzene rings is 1. The lowest BCUT2D eigenvalue weighted by molar-refractivity contribution is -0.141. The molecule has 0 unspecified atom stereocenters. The fraction of sp³-hybridized carbons (Fsp3) is 0.167. The standard InChI is InChI=1S/C12H7F5N2O/c13-7-2-1-3-8(14)11(7)9(20)6-19-5-4-10(18-19)12(15,16)17/h1-5H,6H2. The SMILES string of the molecule is O=C(Cn1ccc(C(F)(F)F)n1)c1c(F)cccc1F. The van der Waals surface area contributed by atoms with E-state index < -0.39 is 41.4 Å². The fourth-order valence-electron chi connectivity index (χ4n) is 1.59. The minimum atomic E-state index is -4.64. The highest BCUT2D eigenvalue weighted by Gasteiger charge is 2.33. The van der Waals surface area contributed by atoms with Crippen LogP contribution in [0, 0.1) is 11.6 Å².